The fourth-order valence-electron chi connectivity index (χ4n) is 7.98. The number of fused-ring (bicyclic) bond motifs is 1. The smallest absolute Gasteiger partial charge is 0.268 e. The molecule has 2 N–H and O–H groups in total. The van der Waals surface area contributed by atoms with Crippen LogP contribution in [0.2, 0.25) is 5.02 Å². The van der Waals surface area contributed by atoms with E-state index in [2.05, 4.69) is 50.5 Å². The predicted octanol–water partition coefficient (Wildman–Crippen LogP) is 9.15. The second-order valence-electron chi connectivity index (χ2n) is 15.6. The molecule has 11 heteroatoms. The number of aryl methyl sites for hydroxylation is 2. The summed E-state index contributed by atoms with van der Waals surface area (Å²) in [6.07, 6.45) is 6.67. The third-order valence-corrected chi connectivity index (χ3v) is 13.0. The fraction of sp³-hybridized carbons (Fsp3) is 0.349. The molecule has 1 aliphatic heterocycles. The van der Waals surface area contributed by atoms with Gasteiger partial charge in [-0.25, -0.2) is 18.1 Å². The summed E-state index contributed by atoms with van der Waals surface area (Å²) in [5.41, 5.74) is 9.24. The number of nitrogens with zero attached hydrogens (tertiary/aromatic N) is 3. The number of anilines is 1. The Bertz CT molecular complexity index is 2380. The van der Waals surface area contributed by atoms with Gasteiger partial charge in [-0.05, 0) is 122 Å². The van der Waals surface area contributed by atoms with Crippen LogP contribution in [0.15, 0.2) is 83.5 Å². The molecule has 1 fully saturated rings. The number of halogens is 1. The Balaban J connectivity index is 1.13. The lowest BCUT2D eigenvalue weighted by Gasteiger charge is -2.39. The maximum Gasteiger partial charge on any atom is 0.268 e. The lowest BCUT2D eigenvalue weighted by Crippen LogP contribution is -2.47. The molecule has 0 radical (unpaired) electrons. The topological polar surface area (TPSA) is 108 Å². The number of ether oxygens (including phenoxy) is 1. The molecule has 0 bridgehead atoms. The lowest BCUT2D eigenvalue weighted by molar-refractivity contribution is 0.0979. The number of pyridine rings is 1. The molecule has 0 saturated carbocycles. The van der Waals surface area contributed by atoms with E-state index in [1.54, 1.807) is 32.3 Å². The molecule has 2 aliphatic rings. The summed E-state index contributed by atoms with van der Waals surface area (Å²) < 4.78 is 36.2. The van der Waals surface area contributed by atoms with E-state index in [0.717, 1.165) is 79.2 Å². The van der Waals surface area contributed by atoms with Crippen LogP contribution in [-0.2, 0) is 10.0 Å². The average molecular weight is 766 g/mol. The van der Waals surface area contributed by atoms with Crippen LogP contribution in [0, 0.1) is 33.1 Å². The number of aromatic nitrogens is 2. The molecule has 0 unspecified atom stereocenters. The van der Waals surface area contributed by atoms with Gasteiger partial charge < -0.3 is 14.6 Å². The van der Waals surface area contributed by atoms with Gasteiger partial charge in [-0.3, -0.25) is 9.69 Å². The van der Waals surface area contributed by atoms with E-state index >= 15 is 0 Å². The van der Waals surface area contributed by atoms with Gasteiger partial charge in [0.15, 0.2) is 0 Å². The highest BCUT2D eigenvalue weighted by atomic mass is 35.5. The third-order valence-electron chi connectivity index (χ3n) is 11.1. The first-order valence-corrected chi connectivity index (χ1v) is 20.4. The van der Waals surface area contributed by atoms with Crippen molar-refractivity contribution in [2.24, 2.45) is 5.41 Å². The number of aromatic amines is 1. The van der Waals surface area contributed by atoms with Gasteiger partial charge in [0.1, 0.15) is 17.1 Å². The number of amides is 1. The number of benzene rings is 3. The molecule has 282 valence electrons. The van der Waals surface area contributed by atoms with Gasteiger partial charge in [0.05, 0.1) is 16.7 Å². The highest BCUT2D eigenvalue weighted by Gasteiger charge is 2.30. The number of piperazine rings is 1. The van der Waals surface area contributed by atoms with Gasteiger partial charge in [0.2, 0.25) is 0 Å². The molecule has 54 heavy (non-hydrogen) atoms. The Hall–Kier alpha value is -4.64. The monoisotopic (exact) mass is 765 g/mol. The average Bonchev–Trinajstić information content (AvgIpc) is 3.59. The Morgan fingerprint density at radius 1 is 0.944 bits per heavy atom. The summed E-state index contributed by atoms with van der Waals surface area (Å²) in [6.45, 7) is 16.3. The minimum atomic E-state index is -4.20. The summed E-state index contributed by atoms with van der Waals surface area (Å²) >= 11 is 6.23. The first-order chi connectivity index (χ1) is 25.7. The number of allylic oxidation sites excluding steroid dienone is 1. The molecule has 5 aromatic rings. The summed E-state index contributed by atoms with van der Waals surface area (Å²) in [7, 11) is -4.20. The van der Waals surface area contributed by atoms with Crippen LogP contribution < -0.4 is 14.4 Å². The molecule has 2 aromatic heterocycles. The molecule has 1 amide bonds. The van der Waals surface area contributed by atoms with E-state index in [1.165, 1.54) is 16.7 Å². The number of H-pyrrole nitrogens is 1. The number of hydrogen-bond donors (Lipinski definition) is 2. The highest BCUT2D eigenvalue weighted by molar-refractivity contribution is 7.90. The molecule has 1 aliphatic carbocycles. The second-order valence-corrected chi connectivity index (χ2v) is 17.6. The van der Waals surface area contributed by atoms with Gasteiger partial charge >= 0.3 is 0 Å². The third kappa shape index (κ3) is 7.92. The molecular formula is C43H48ClN5O4S. The zero-order valence-electron chi connectivity index (χ0n) is 31.8. The standard InChI is InChI=1S/C43H48ClN5O4S/c1-27-21-28(2)40(30(4)29(27)3)54(51,52)47-42(50)38-12-11-35(23-39(38)53-36-22-32-14-16-45-41(32)46-25-36)49-19-17-48(18-20-49)26-33-24-43(5,6)15-13-37(33)31-7-9-34(44)10-8-31/h7-12,14,16,21-23,25H,13,15,17-20,24,26H2,1-6H3,(H,45,46)(H,47,50). The quantitative estimate of drug-likeness (QED) is 0.154. The van der Waals surface area contributed by atoms with E-state index in [4.69, 9.17) is 16.3 Å². The van der Waals surface area contributed by atoms with Crippen molar-refractivity contribution in [1.29, 1.82) is 0 Å². The van der Waals surface area contributed by atoms with Crippen molar-refractivity contribution in [2.45, 2.75) is 65.7 Å². The minimum absolute atomic E-state index is 0.107. The number of sulfonamides is 1. The van der Waals surface area contributed by atoms with Crippen molar-refractivity contribution in [2.75, 3.05) is 37.6 Å². The molecule has 0 spiro atoms. The first kappa shape index (κ1) is 37.7. The maximum absolute atomic E-state index is 13.9. The number of rotatable bonds is 9. The van der Waals surface area contributed by atoms with E-state index < -0.39 is 15.9 Å². The van der Waals surface area contributed by atoms with Crippen LogP contribution >= 0.6 is 11.6 Å². The molecule has 9 nitrogen and oxygen atoms in total. The van der Waals surface area contributed by atoms with Crippen molar-refractivity contribution in [3.05, 3.63) is 117 Å². The number of carbonyl (C=O) groups excluding carboxylic acids is 1. The summed E-state index contributed by atoms with van der Waals surface area (Å²) in [6, 6.07) is 19.2. The Morgan fingerprint density at radius 3 is 2.43 bits per heavy atom. The SMILES string of the molecule is Cc1cc(C)c(S(=O)(=O)NC(=O)c2ccc(N3CCN(CC4=C(c5ccc(Cl)cc5)CCC(C)(C)C4)CC3)cc2Oc2cnc3[nH]ccc3c2)c(C)c1C. The molecule has 3 aromatic carbocycles. The highest BCUT2D eigenvalue weighted by Crippen LogP contribution is 2.43. The largest absolute Gasteiger partial charge is 0.455 e. The van der Waals surface area contributed by atoms with E-state index in [1.807, 2.05) is 56.3 Å². The fourth-order valence-corrected chi connectivity index (χ4v) is 9.60. The van der Waals surface area contributed by atoms with Gasteiger partial charge in [0, 0.05) is 61.1 Å². The minimum Gasteiger partial charge on any atom is -0.455 e. The normalized spacial score (nSPS) is 16.5. The van der Waals surface area contributed by atoms with Gasteiger partial charge in [-0.15, -0.1) is 0 Å². The Labute approximate surface area is 323 Å². The van der Waals surface area contributed by atoms with Crippen LogP contribution in [0.5, 0.6) is 11.5 Å². The van der Waals surface area contributed by atoms with Crippen LogP contribution in [0.4, 0.5) is 5.69 Å². The van der Waals surface area contributed by atoms with Gasteiger partial charge in [-0.1, -0.05) is 49.2 Å². The van der Waals surface area contributed by atoms with Crippen LogP contribution in [-0.4, -0.2) is 61.9 Å². The summed E-state index contributed by atoms with van der Waals surface area (Å²) in [5.74, 6) is -0.0914. The van der Waals surface area contributed by atoms with E-state index in [0.29, 0.717) is 22.5 Å². The maximum atomic E-state index is 13.9. The van der Waals surface area contributed by atoms with Crippen LogP contribution in [0.3, 0.4) is 0 Å². The number of nitrogens with one attached hydrogen (secondary N) is 2. The molecule has 3 heterocycles. The summed E-state index contributed by atoms with van der Waals surface area (Å²) in [5, 5.41) is 1.60. The van der Waals surface area contributed by atoms with E-state index in [-0.39, 0.29) is 21.6 Å². The first-order valence-electron chi connectivity index (χ1n) is 18.5. The number of hydrogen-bond acceptors (Lipinski definition) is 7. The molecular weight excluding hydrogens is 718 g/mol. The van der Waals surface area contributed by atoms with Gasteiger partial charge in [0.25, 0.3) is 15.9 Å². The van der Waals surface area contributed by atoms with Crippen molar-refractivity contribution in [1.82, 2.24) is 19.6 Å². The van der Waals surface area contributed by atoms with Crippen molar-refractivity contribution in [3.8, 4) is 11.5 Å². The lowest BCUT2D eigenvalue weighted by atomic mass is 9.73. The molecule has 1 saturated heterocycles. The van der Waals surface area contributed by atoms with Crippen LogP contribution in [0.1, 0.15) is 71.3 Å². The number of carbonyl (C=O) groups is 1. The van der Waals surface area contributed by atoms with Crippen LogP contribution in [0.25, 0.3) is 16.6 Å². The van der Waals surface area contributed by atoms with Crippen molar-refractivity contribution in [3.63, 3.8) is 0 Å². The van der Waals surface area contributed by atoms with E-state index in [9.17, 15) is 13.2 Å². The molecule has 0 atom stereocenters. The zero-order chi connectivity index (χ0) is 38.4. The Kier molecular flexibility index (Phi) is 10.4. The van der Waals surface area contributed by atoms with Crippen molar-refractivity contribution < 1.29 is 17.9 Å². The van der Waals surface area contributed by atoms with Crippen molar-refractivity contribution >= 4 is 49.8 Å². The second kappa shape index (κ2) is 14.9. The summed E-state index contributed by atoms with van der Waals surface area (Å²) in [4.78, 5) is 26.3. The molecule has 7 rings (SSSR count). The predicted molar refractivity (Wildman–Crippen MR) is 217 cm³/mol. The van der Waals surface area contributed by atoms with Gasteiger partial charge in [-0.2, -0.15) is 0 Å². The zero-order valence-corrected chi connectivity index (χ0v) is 33.4. The Morgan fingerprint density at radius 2 is 1.69 bits per heavy atom.